The van der Waals surface area contributed by atoms with E-state index in [2.05, 4.69) is 13.0 Å². The van der Waals surface area contributed by atoms with Gasteiger partial charge in [0.15, 0.2) is 0 Å². The predicted molar refractivity (Wildman–Crippen MR) is 175 cm³/mol. The van der Waals surface area contributed by atoms with Crippen molar-refractivity contribution in [2.75, 3.05) is 0 Å². The summed E-state index contributed by atoms with van der Waals surface area (Å²) in [6.07, 6.45) is 8.28. The Labute approximate surface area is 273 Å². The van der Waals surface area contributed by atoms with Gasteiger partial charge in [0.2, 0.25) is 0 Å². The molecule has 2 N–H and O–H groups in total. The third-order valence-electron chi connectivity index (χ3n) is 8.90. The quantitative estimate of drug-likeness (QED) is 0.1000. The van der Waals surface area contributed by atoms with Crippen LogP contribution in [0.3, 0.4) is 0 Å². The maximum Gasteiger partial charge on any atom is 0.338 e. The van der Waals surface area contributed by atoms with E-state index >= 15 is 0 Å². The number of hydrogen-bond donors (Lipinski definition) is 2. The highest BCUT2D eigenvalue weighted by Gasteiger charge is 2.45. The van der Waals surface area contributed by atoms with Crippen LogP contribution in [0.5, 0.6) is 0 Å². The molecule has 2 aliphatic rings. The molecular formula is C37H52O9. The lowest BCUT2D eigenvalue weighted by molar-refractivity contribution is -0.157. The summed E-state index contributed by atoms with van der Waals surface area (Å²) in [5.74, 6) is -1.66. The molecule has 1 aromatic carbocycles. The van der Waals surface area contributed by atoms with Crippen LogP contribution in [0.4, 0.5) is 0 Å². The minimum absolute atomic E-state index is 0.0822. The molecule has 46 heavy (non-hydrogen) atoms. The Balaban J connectivity index is 1.78. The van der Waals surface area contributed by atoms with E-state index in [-0.39, 0.29) is 55.3 Å². The highest BCUT2D eigenvalue weighted by Crippen LogP contribution is 2.36. The highest BCUT2D eigenvalue weighted by atomic mass is 16.6. The number of cyclic esters (lactones) is 1. The lowest BCUT2D eigenvalue weighted by Crippen LogP contribution is -2.42. The molecule has 1 fully saturated rings. The Morgan fingerprint density at radius 2 is 1.83 bits per heavy atom. The van der Waals surface area contributed by atoms with Crippen LogP contribution in [-0.4, -0.2) is 70.3 Å². The second-order valence-electron chi connectivity index (χ2n) is 13.2. The van der Waals surface area contributed by atoms with Gasteiger partial charge in [-0.05, 0) is 69.2 Å². The number of esters is 3. The Hall–Kier alpha value is -3.27. The summed E-state index contributed by atoms with van der Waals surface area (Å²) in [7, 11) is 0. The van der Waals surface area contributed by atoms with Crippen molar-refractivity contribution in [2.45, 2.75) is 123 Å². The van der Waals surface area contributed by atoms with Gasteiger partial charge in [0.1, 0.15) is 23.9 Å². The van der Waals surface area contributed by atoms with Gasteiger partial charge in [0.25, 0.3) is 0 Å². The average Bonchev–Trinajstić information content (AvgIpc) is 3.78. The lowest BCUT2D eigenvalue weighted by atomic mass is 9.88. The fourth-order valence-electron chi connectivity index (χ4n) is 5.85. The fraction of sp³-hybridized carbons (Fsp3) is 0.595. The van der Waals surface area contributed by atoms with Gasteiger partial charge in [-0.15, -0.1) is 0 Å². The largest absolute Gasteiger partial charge is 0.458 e. The van der Waals surface area contributed by atoms with Crippen molar-refractivity contribution in [3.05, 3.63) is 71.8 Å². The fourth-order valence-corrected chi connectivity index (χ4v) is 5.85. The van der Waals surface area contributed by atoms with E-state index in [0.717, 1.165) is 12.0 Å². The molecule has 254 valence electrons. The van der Waals surface area contributed by atoms with Crippen LogP contribution in [-0.2, 0) is 28.5 Å². The second kappa shape index (κ2) is 17.0. The van der Waals surface area contributed by atoms with Gasteiger partial charge in [-0.2, -0.15) is 0 Å². The zero-order valence-corrected chi connectivity index (χ0v) is 28.3. The lowest BCUT2D eigenvalue weighted by Gasteiger charge is -2.33. The van der Waals surface area contributed by atoms with Crippen molar-refractivity contribution in [3.8, 4) is 0 Å². The summed E-state index contributed by atoms with van der Waals surface area (Å²) in [6, 6.07) is 8.48. The minimum Gasteiger partial charge on any atom is -0.458 e. The van der Waals surface area contributed by atoms with E-state index in [0.29, 0.717) is 12.0 Å². The first-order valence-corrected chi connectivity index (χ1v) is 16.4. The molecule has 9 nitrogen and oxygen atoms in total. The Bertz CT molecular complexity index is 1250. The molecule has 0 aromatic heterocycles. The topological polar surface area (TPSA) is 132 Å². The average molecular weight is 641 g/mol. The maximum absolute atomic E-state index is 13.3. The number of epoxide rings is 1. The van der Waals surface area contributed by atoms with Crippen LogP contribution in [0, 0.1) is 17.8 Å². The summed E-state index contributed by atoms with van der Waals surface area (Å²) in [4.78, 5) is 38.1. The molecule has 10 unspecified atom stereocenters. The maximum atomic E-state index is 13.3. The molecule has 1 saturated heterocycles. The first kappa shape index (κ1) is 37.2. The summed E-state index contributed by atoms with van der Waals surface area (Å²) in [5.41, 5.74) is -0.351. The van der Waals surface area contributed by atoms with E-state index in [1.165, 1.54) is 6.92 Å². The number of ether oxygens (including phenoxy) is 4. The summed E-state index contributed by atoms with van der Waals surface area (Å²) in [5, 5.41) is 21.5. The number of aliphatic hydroxyl groups is 2. The van der Waals surface area contributed by atoms with Crippen LogP contribution < -0.4 is 0 Å². The predicted octanol–water partition coefficient (Wildman–Crippen LogP) is 5.89. The molecule has 2 heterocycles. The molecule has 9 heteroatoms. The van der Waals surface area contributed by atoms with Crippen molar-refractivity contribution in [1.82, 2.24) is 0 Å². The highest BCUT2D eigenvalue weighted by molar-refractivity contribution is 5.89. The summed E-state index contributed by atoms with van der Waals surface area (Å²) >= 11 is 0. The van der Waals surface area contributed by atoms with Gasteiger partial charge in [0.05, 0.1) is 30.3 Å². The Morgan fingerprint density at radius 1 is 1.13 bits per heavy atom. The van der Waals surface area contributed by atoms with Gasteiger partial charge in [-0.1, -0.05) is 70.2 Å². The first-order valence-electron chi connectivity index (χ1n) is 16.4. The molecule has 0 radical (unpaired) electrons. The van der Waals surface area contributed by atoms with E-state index in [4.69, 9.17) is 18.9 Å². The molecule has 0 spiro atoms. The molecule has 10 atom stereocenters. The first-order chi connectivity index (χ1) is 21.7. The number of carbonyl (C=O) groups is 3. The van der Waals surface area contributed by atoms with Gasteiger partial charge in [-0.25, -0.2) is 4.79 Å². The normalized spacial score (nSPS) is 31.8. The third kappa shape index (κ3) is 11.2. The number of benzene rings is 1. The van der Waals surface area contributed by atoms with Gasteiger partial charge < -0.3 is 29.2 Å². The summed E-state index contributed by atoms with van der Waals surface area (Å²) in [6.45, 7) is 12.7. The third-order valence-corrected chi connectivity index (χ3v) is 8.90. The Kier molecular flexibility index (Phi) is 13.8. The summed E-state index contributed by atoms with van der Waals surface area (Å²) < 4.78 is 23.0. The van der Waals surface area contributed by atoms with E-state index in [9.17, 15) is 24.6 Å². The molecule has 0 bridgehead atoms. The zero-order valence-electron chi connectivity index (χ0n) is 28.3. The van der Waals surface area contributed by atoms with Gasteiger partial charge in [-0.3, -0.25) is 9.59 Å². The molecule has 0 saturated carbocycles. The van der Waals surface area contributed by atoms with Crippen LogP contribution in [0.2, 0.25) is 0 Å². The van der Waals surface area contributed by atoms with Crippen LogP contribution in [0.15, 0.2) is 66.3 Å². The zero-order chi connectivity index (χ0) is 34.0. The van der Waals surface area contributed by atoms with Crippen LogP contribution in [0.25, 0.3) is 0 Å². The van der Waals surface area contributed by atoms with Crippen molar-refractivity contribution in [3.63, 3.8) is 0 Å². The molecule has 0 aliphatic carbocycles. The van der Waals surface area contributed by atoms with Crippen LogP contribution >= 0.6 is 0 Å². The van der Waals surface area contributed by atoms with E-state index in [1.807, 2.05) is 39.8 Å². The molecule has 2 aliphatic heterocycles. The second-order valence-corrected chi connectivity index (χ2v) is 13.2. The number of hydrogen-bond acceptors (Lipinski definition) is 9. The molecule has 3 rings (SSSR count). The van der Waals surface area contributed by atoms with Crippen molar-refractivity contribution < 1.29 is 43.5 Å². The van der Waals surface area contributed by atoms with Crippen molar-refractivity contribution in [1.29, 1.82) is 0 Å². The van der Waals surface area contributed by atoms with Gasteiger partial charge in [0, 0.05) is 18.8 Å². The van der Waals surface area contributed by atoms with Gasteiger partial charge >= 0.3 is 17.9 Å². The number of rotatable bonds is 11. The number of allylic oxidation sites excluding steroid dienone is 3. The standard InChI is InChI=1S/C37H52O9/c1-8-30(39)26(5)35-31(45-35)21-23(2)13-12-14-24(3)34-25(4)17-18-32(43-27(6)38)37(7,42)20-19-29(22-33(40)46-34)44-36(41)28-15-10-9-11-16-28/h9-18,23,25-26,29-32,34-35,39,42H,8,19-22H2,1-7H3/b13-12+,18-17+,24-14+. The molecular weight excluding hydrogens is 588 g/mol. The van der Waals surface area contributed by atoms with Crippen LogP contribution in [0.1, 0.15) is 90.9 Å². The monoisotopic (exact) mass is 640 g/mol. The van der Waals surface area contributed by atoms with E-state index in [1.54, 1.807) is 49.4 Å². The van der Waals surface area contributed by atoms with Crippen molar-refractivity contribution >= 4 is 17.9 Å². The smallest absolute Gasteiger partial charge is 0.338 e. The number of aliphatic hydroxyl groups excluding tert-OH is 1. The van der Waals surface area contributed by atoms with E-state index < -0.39 is 41.8 Å². The molecule has 0 amide bonds. The van der Waals surface area contributed by atoms with Crippen molar-refractivity contribution in [2.24, 2.45) is 17.8 Å². The SMILES string of the molecule is CCC(O)C(C)C1OC1CC(C)/C=C/C=C(\C)C1OC(=O)CC(OC(=O)c2ccccc2)CCC(C)(O)C(OC(C)=O)/C=C/C1C. The minimum atomic E-state index is -1.49. The number of carbonyl (C=O) groups excluding carboxylic acids is 3. The molecule has 1 aromatic rings. The Morgan fingerprint density at radius 3 is 2.48 bits per heavy atom.